The van der Waals surface area contributed by atoms with Gasteiger partial charge in [0.05, 0.1) is 24.2 Å². The van der Waals surface area contributed by atoms with Gasteiger partial charge < -0.3 is 4.74 Å². The molecule has 0 bridgehead atoms. The predicted octanol–water partition coefficient (Wildman–Crippen LogP) is 1.51. The number of aromatic nitrogens is 1. The van der Waals surface area contributed by atoms with Crippen molar-refractivity contribution in [3.8, 4) is 0 Å². The second-order valence-corrected chi connectivity index (χ2v) is 7.45. The second kappa shape index (κ2) is 6.91. The van der Waals surface area contributed by atoms with Gasteiger partial charge in [-0.1, -0.05) is 11.6 Å². The Balaban J connectivity index is 1.94. The molecule has 0 saturated carbocycles. The van der Waals surface area contributed by atoms with E-state index in [1.165, 1.54) is 0 Å². The number of morpholine rings is 1. The van der Waals surface area contributed by atoms with E-state index in [1.807, 2.05) is 13.8 Å². The van der Waals surface area contributed by atoms with Crippen LogP contribution in [0.15, 0.2) is 12.3 Å². The van der Waals surface area contributed by atoms with E-state index in [1.54, 1.807) is 12.3 Å². The highest BCUT2D eigenvalue weighted by Crippen LogP contribution is 2.21. The molecule has 0 aromatic carbocycles. The predicted molar refractivity (Wildman–Crippen MR) is 83.2 cm³/mol. The minimum atomic E-state index is -3.45. The fourth-order valence-electron chi connectivity index (χ4n) is 2.19. The third kappa shape index (κ3) is 5.10. The first-order valence-corrected chi connectivity index (χ1v) is 8.85. The zero-order valence-electron chi connectivity index (χ0n) is 12.2. The van der Waals surface area contributed by atoms with Gasteiger partial charge in [-0.05, 0) is 25.5 Å². The number of halogens is 1. The van der Waals surface area contributed by atoms with E-state index in [0.29, 0.717) is 18.8 Å². The number of aryl methyl sites for hydroxylation is 1. The molecule has 1 aromatic rings. The van der Waals surface area contributed by atoms with Crippen LogP contribution in [0.25, 0.3) is 0 Å². The summed E-state index contributed by atoms with van der Waals surface area (Å²) in [5.74, 6) is 0.0178. The molecule has 1 fully saturated rings. The van der Waals surface area contributed by atoms with Crippen molar-refractivity contribution in [3.63, 3.8) is 0 Å². The molecular formula is C13H20ClN3O3S. The molecule has 2 heterocycles. The highest BCUT2D eigenvalue weighted by molar-refractivity contribution is 7.92. The van der Waals surface area contributed by atoms with Crippen molar-refractivity contribution in [2.24, 2.45) is 0 Å². The molecule has 1 atom stereocenters. The maximum absolute atomic E-state index is 12.1. The summed E-state index contributed by atoms with van der Waals surface area (Å²) in [6.45, 7) is 6.43. The lowest BCUT2D eigenvalue weighted by Crippen LogP contribution is -2.43. The Morgan fingerprint density at radius 2 is 2.33 bits per heavy atom. The summed E-state index contributed by atoms with van der Waals surface area (Å²) in [5, 5.41) is 0.157. The molecule has 0 spiro atoms. The van der Waals surface area contributed by atoms with Crippen molar-refractivity contribution < 1.29 is 13.2 Å². The number of nitrogens with zero attached hydrogens (tertiary/aromatic N) is 2. The highest BCUT2D eigenvalue weighted by atomic mass is 35.5. The first-order valence-electron chi connectivity index (χ1n) is 6.82. The summed E-state index contributed by atoms with van der Waals surface area (Å²) in [4.78, 5) is 6.02. The summed E-state index contributed by atoms with van der Waals surface area (Å²) >= 11 is 5.91. The molecular weight excluding hydrogens is 314 g/mol. The van der Waals surface area contributed by atoms with Crippen LogP contribution < -0.4 is 4.72 Å². The van der Waals surface area contributed by atoms with Gasteiger partial charge in [0.2, 0.25) is 10.0 Å². The lowest BCUT2D eigenvalue weighted by atomic mass is 10.3. The van der Waals surface area contributed by atoms with Gasteiger partial charge in [0.1, 0.15) is 0 Å². The maximum Gasteiger partial charge on any atom is 0.234 e. The summed E-state index contributed by atoms with van der Waals surface area (Å²) in [7, 11) is -3.45. The van der Waals surface area contributed by atoms with Gasteiger partial charge in [0, 0.05) is 25.8 Å². The van der Waals surface area contributed by atoms with Gasteiger partial charge in [-0.3, -0.25) is 9.62 Å². The van der Waals surface area contributed by atoms with Gasteiger partial charge in [-0.2, -0.15) is 0 Å². The quantitative estimate of drug-likeness (QED) is 0.827. The zero-order valence-corrected chi connectivity index (χ0v) is 13.7. The molecule has 6 nitrogen and oxygen atoms in total. The largest absolute Gasteiger partial charge is 0.376 e. The average molecular weight is 334 g/mol. The molecule has 1 N–H and O–H groups in total. The van der Waals surface area contributed by atoms with Crippen LogP contribution in [0.2, 0.25) is 5.15 Å². The van der Waals surface area contributed by atoms with Crippen LogP contribution in [-0.2, 0) is 14.8 Å². The van der Waals surface area contributed by atoms with Crippen LogP contribution in [0, 0.1) is 6.92 Å². The average Bonchev–Trinajstić information content (AvgIpc) is 2.41. The van der Waals surface area contributed by atoms with Crippen molar-refractivity contribution in [1.82, 2.24) is 9.88 Å². The third-order valence-electron chi connectivity index (χ3n) is 3.24. The van der Waals surface area contributed by atoms with Crippen LogP contribution in [0.3, 0.4) is 0 Å². The van der Waals surface area contributed by atoms with Crippen molar-refractivity contribution in [1.29, 1.82) is 0 Å². The Labute approximate surface area is 130 Å². The number of nitrogens with one attached hydrogen (secondary N) is 1. The van der Waals surface area contributed by atoms with Crippen LogP contribution >= 0.6 is 11.6 Å². The summed E-state index contributed by atoms with van der Waals surface area (Å²) < 4.78 is 32.2. The molecule has 1 saturated heterocycles. The zero-order chi connectivity index (χ0) is 15.5. The van der Waals surface area contributed by atoms with E-state index in [0.717, 1.165) is 18.7 Å². The Hall–Kier alpha value is -0.890. The van der Waals surface area contributed by atoms with Crippen LogP contribution in [0.4, 0.5) is 5.69 Å². The molecule has 1 aliphatic rings. The molecule has 21 heavy (non-hydrogen) atoms. The molecule has 8 heteroatoms. The number of anilines is 1. The molecule has 118 valence electrons. The number of sulfonamides is 1. The smallest absolute Gasteiger partial charge is 0.234 e. The highest BCUT2D eigenvalue weighted by Gasteiger charge is 2.20. The van der Waals surface area contributed by atoms with Crippen molar-refractivity contribution in [2.45, 2.75) is 20.0 Å². The van der Waals surface area contributed by atoms with Gasteiger partial charge in [-0.25, -0.2) is 13.4 Å². The van der Waals surface area contributed by atoms with Crippen LogP contribution in [0.5, 0.6) is 0 Å². The Bertz CT molecular complexity index is 594. The minimum absolute atomic E-state index is 0.0178. The Kier molecular flexibility index (Phi) is 5.43. The van der Waals surface area contributed by atoms with E-state index in [-0.39, 0.29) is 17.0 Å². The molecule has 2 rings (SSSR count). The molecule has 1 aliphatic heterocycles. The number of rotatable bonds is 5. The van der Waals surface area contributed by atoms with Crippen molar-refractivity contribution >= 4 is 27.3 Å². The Morgan fingerprint density at radius 1 is 1.57 bits per heavy atom. The second-order valence-electron chi connectivity index (χ2n) is 5.25. The topological polar surface area (TPSA) is 71.5 Å². The van der Waals surface area contributed by atoms with E-state index < -0.39 is 10.0 Å². The van der Waals surface area contributed by atoms with Gasteiger partial charge >= 0.3 is 0 Å². The lowest BCUT2D eigenvalue weighted by molar-refractivity contribution is -0.0159. The van der Waals surface area contributed by atoms with Crippen LogP contribution in [-0.4, -0.2) is 56.4 Å². The summed E-state index contributed by atoms with van der Waals surface area (Å²) in [6.07, 6.45) is 1.74. The molecule has 1 unspecified atom stereocenters. The monoisotopic (exact) mass is 333 g/mol. The van der Waals surface area contributed by atoms with E-state index in [2.05, 4.69) is 14.6 Å². The van der Waals surface area contributed by atoms with Gasteiger partial charge in [-0.15, -0.1) is 0 Å². The number of hydrogen-bond acceptors (Lipinski definition) is 5. The number of ether oxygens (including phenoxy) is 1. The van der Waals surface area contributed by atoms with E-state index in [9.17, 15) is 8.42 Å². The van der Waals surface area contributed by atoms with Gasteiger partial charge in [0.25, 0.3) is 0 Å². The third-order valence-corrected chi connectivity index (χ3v) is 4.79. The SMILES string of the molecule is Cc1cnc(Cl)c(NS(=O)(=O)CCN2CCOC(C)C2)c1. The molecule has 0 aliphatic carbocycles. The maximum atomic E-state index is 12.1. The molecule has 1 aromatic heterocycles. The van der Waals surface area contributed by atoms with Gasteiger partial charge in [0.15, 0.2) is 5.15 Å². The normalized spacial score (nSPS) is 20.4. The number of pyridine rings is 1. The van der Waals surface area contributed by atoms with Crippen molar-refractivity contribution in [2.75, 3.05) is 36.7 Å². The molecule has 0 radical (unpaired) electrons. The summed E-state index contributed by atoms with van der Waals surface area (Å²) in [6, 6.07) is 1.67. The lowest BCUT2D eigenvalue weighted by Gasteiger charge is -2.30. The first kappa shape index (κ1) is 16.5. The van der Waals surface area contributed by atoms with Crippen LogP contribution in [0.1, 0.15) is 12.5 Å². The van der Waals surface area contributed by atoms with E-state index >= 15 is 0 Å². The number of hydrogen-bond donors (Lipinski definition) is 1. The fraction of sp³-hybridized carbons (Fsp3) is 0.615. The van der Waals surface area contributed by atoms with Crippen molar-refractivity contribution in [3.05, 3.63) is 23.0 Å². The Morgan fingerprint density at radius 3 is 3.05 bits per heavy atom. The standard InChI is InChI=1S/C13H20ClN3O3S/c1-10-7-12(13(14)15-8-10)16-21(18,19)6-4-17-3-5-20-11(2)9-17/h7-8,11,16H,3-6,9H2,1-2H3. The van der Waals surface area contributed by atoms with E-state index in [4.69, 9.17) is 16.3 Å². The minimum Gasteiger partial charge on any atom is -0.376 e. The fourth-order valence-corrected chi connectivity index (χ4v) is 3.48. The summed E-state index contributed by atoms with van der Waals surface area (Å²) in [5.41, 5.74) is 1.17. The molecule has 0 amide bonds. The first-order chi connectivity index (χ1) is 9.85.